The Morgan fingerprint density at radius 3 is 2.60 bits per heavy atom. The highest BCUT2D eigenvalue weighted by Gasteiger charge is 2.45. The minimum Gasteiger partial charge on any atom is -0.382 e. The fraction of sp³-hybridized carbons (Fsp3) is 0.562. The first kappa shape index (κ1) is 15.0. The van der Waals surface area contributed by atoms with E-state index >= 15 is 0 Å². The van der Waals surface area contributed by atoms with Crippen molar-refractivity contribution in [2.45, 2.75) is 30.4 Å². The summed E-state index contributed by atoms with van der Waals surface area (Å²) in [5.74, 6) is 0. The van der Waals surface area contributed by atoms with E-state index in [1.165, 1.54) is 0 Å². The number of nitriles is 1. The SMILES string of the molecule is COCC(CNC1CC(C#N)(c2ccccc2)C1)OC. The first-order chi connectivity index (χ1) is 9.74. The number of hydrogen-bond donors (Lipinski definition) is 1. The Morgan fingerprint density at radius 1 is 1.35 bits per heavy atom. The number of methoxy groups -OCH3 is 2. The molecule has 1 N–H and O–H groups in total. The summed E-state index contributed by atoms with van der Waals surface area (Å²) in [5, 5.41) is 13.0. The van der Waals surface area contributed by atoms with Gasteiger partial charge in [-0.2, -0.15) is 5.26 Å². The summed E-state index contributed by atoms with van der Waals surface area (Å²) in [6.45, 7) is 1.34. The van der Waals surface area contributed by atoms with Gasteiger partial charge in [0.2, 0.25) is 0 Å². The van der Waals surface area contributed by atoms with Crippen LogP contribution in [0.15, 0.2) is 30.3 Å². The largest absolute Gasteiger partial charge is 0.382 e. The molecule has 0 radical (unpaired) electrons. The van der Waals surface area contributed by atoms with Gasteiger partial charge in [0.05, 0.1) is 24.2 Å². The summed E-state index contributed by atoms with van der Waals surface area (Å²) in [7, 11) is 3.36. The van der Waals surface area contributed by atoms with Gasteiger partial charge in [-0.25, -0.2) is 0 Å². The number of ether oxygens (including phenoxy) is 2. The molecule has 0 amide bonds. The molecule has 0 saturated heterocycles. The molecule has 20 heavy (non-hydrogen) atoms. The van der Waals surface area contributed by atoms with Crippen molar-refractivity contribution in [3.05, 3.63) is 35.9 Å². The molecule has 0 aliphatic heterocycles. The van der Waals surface area contributed by atoms with Crippen LogP contribution in [-0.4, -0.2) is 39.5 Å². The molecule has 1 atom stereocenters. The van der Waals surface area contributed by atoms with Crippen molar-refractivity contribution < 1.29 is 9.47 Å². The first-order valence-electron chi connectivity index (χ1n) is 6.96. The lowest BCUT2D eigenvalue weighted by molar-refractivity contribution is 0.0239. The average molecular weight is 274 g/mol. The smallest absolute Gasteiger partial charge is 0.0928 e. The maximum atomic E-state index is 9.49. The van der Waals surface area contributed by atoms with E-state index in [4.69, 9.17) is 9.47 Å². The van der Waals surface area contributed by atoms with Gasteiger partial charge in [-0.15, -0.1) is 0 Å². The van der Waals surface area contributed by atoms with Crippen molar-refractivity contribution in [1.29, 1.82) is 5.26 Å². The van der Waals surface area contributed by atoms with Gasteiger partial charge in [0, 0.05) is 26.8 Å². The van der Waals surface area contributed by atoms with Crippen molar-refractivity contribution in [3.8, 4) is 6.07 Å². The lowest BCUT2D eigenvalue weighted by Gasteiger charge is -2.43. The number of hydrogen-bond acceptors (Lipinski definition) is 4. The molecular formula is C16H22N2O2. The molecule has 4 heteroatoms. The Kier molecular flexibility index (Phi) is 5.13. The normalized spacial score (nSPS) is 26.6. The zero-order valence-electron chi connectivity index (χ0n) is 12.1. The van der Waals surface area contributed by atoms with E-state index in [1.54, 1.807) is 14.2 Å². The molecule has 1 unspecified atom stereocenters. The molecule has 1 fully saturated rings. The summed E-state index contributed by atoms with van der Waals surface area (Å²) in [6, 6.07) is 12.9. The summed E-state index contributed by atoms with van der Waals surface area (Å²) < 4.78 is 10.4. The van der Waals surface area contributed by atoms with Crippen molar-refractivity contribution in [1.82, 2.24) is 5.32 Å². The maximum Gasteiger partial charge on any atom is 0.0928 e. The second kappa shape index (κ2) is 6.85. The van der Waals surface area contributed by atoms with Crippen LogP contribution in [-0.2, 0) is 14.9 Å². The highest BCUT2D eigenvalue weighted by molar-refractivity contribution is 5.36. The van der Waals surface area contributed by atoms with E-state index in [1.807, 2.05) is 30.3 Å². The summed E-state index contributed by atoms with van der Waals surface area (Å²) in [4.78, 5) is 0. The van der Waals surface area contributed by atoms with Crippen LogP contribution < -0.4 is 5.32 Å². The molecule has 108 valence electrons. The van der Waals surface area contributed by atoms with Crippen LogP contribution in [0, 0.1) is 11.3 Å². The van der Waals surface area contributed by atoms with Crippen LogP contribution in [0.1, 0.15) is 18.4 Å². The van der Waals surface area contributed by atoms with E-state index in [9.17, 15) is 5.26 Å². The van der Waals surface area contributed by atoms with E-state index < -0.39 is 0 Å². The van der Waals surface area contributed by atoms with E-state index in [0.717, 1.165) is 24.9 Å². The molecule has 1 aromatic rings. The third-order valence-electron chi connectivity index (χ3n) is 4.05. The Hall–Kier alpha value is -1.41. The minimum absolute atomic E-state index is 0.0637. The predicted octanol–water partition coefficient (Wildman–Crippen LogP) is 1.86. The van der Waals surface area contributed by atoms with Crippen LogP contribution >= 0.6 is 0 Å². The predicted molar refractivity (Wildman–Crippen MR) is 77.4 cm³/mol. The molecule has 1 aromatic carbocycles. The van der Waals surface area contributed by atoms with E-state index in [0.29, 0.717) is 12.6 Å². The zero-order chi connectivity index (χ0) is 14.4. The average Bonchev–Trinajstić information content (AvgIpc) is 2.46. The summed E-state index contributed by atoms with van der Waals surface area (Å²) in [6.07, 6.45) is 1.78. The van der Waals surface area contributed by atoms with Gasteiger partial charge in [0.15, 0.2) is 0 Å². The van der Waals surface area contributed by atoms with Crippen molar-refractivity contribution in [3.63, 3.8) is 0 Å². The Bertz CT molecular complexity index is 449. The fourth-order valence-corrected chi connectivity index (χ4v) is 2.77. The molecular weight excluding hydrogens is 252 g/mol. The lowest BCUT2D eigenvalue weighted by Crippen LogP contribution is -2.52. The minimum atomic E-state index is -0.317. The molecule has 1 saturated carbocycles. The summed E-state index contributed by atoms with van der Waals surface area (Å²) >= 11 is 0. The van der Waals surface area contributed by atoms with Crippen LogP contribution in [0.3, 0.4) is 0 Å². The van der Waals surface area contributed by atoms with Gasteiger partial charge in [0.25, 0.3) is 0 Å². The lowest BCUT2D eigenvalue weighted by atomic mass is 9.62. The Balaban J connectivity index is 1.85. The van der Waals surface area contributed by atoms with Crippen molar-refractivity contribution >= 4 is 0 Å². The van der Waals surface area contributed by atoms with Crippen LogP contribution in [0.2, 0.25) is 0 Å². The standard InChI is InChI=1S/C16H22N2O2/c1-19-11-15(20-2)10-18-14-8-16(9-14,12-17)13-6-4-3-5-7-13/h3-7,14-15,18H,8-11H2,1-2H3. The Morgan fingerprint density at radius 2 is 2.05 bits per heavy atom. The fourth-order valence-electron chi connectivity index (χ4n) is 2.77. The van der Waals surface area contributed by atoms with E-state index in [2.05, 4.69) is 11.4 Å². The molecule has 0 bridgehead atoms. The highest BCUT2D eigenvalue weighted by atomic mass is 16.5. The number of nitrogens with one attached hydrogen (secondary N) is 1. The van der Waals surface area contributed by atoms with Crippen LogP contribution in [0.25, 0.3) is 0 Å². The second-order valence-electron chi connectivity index (χ2n) is 5.39. The highest BCUT2D eigenvalue weighted by Crippen LogP contribution is 2.43. The van der Waals surface area contributed by atoms with Crippen LogP contribution in [0.4, 0.5) is 0 Å². The monoisotopic (exact) mass is 274 g/mol. The first-order valence-corrected chi connectivity index (χ1v) is 6.96. The van der Waals surface area contributed by atoms with Gasteiger partial charge in [-0.1, -0.05) is 30.3 Å². The topological polar surface area (TPSA) is 54.3 Å². The summed E-state index contributed by atoms with van der Waals surface area (Å²) in [5.41, 5.74) is 0.809. The molecule has 0 aromatic heterocycles. The van der Waals surface area contributed by atoms with Crippen molar-refractivity contribution in [2.24, 2.45) is 0 Å². The number of nitrogens with zero attached hydrogens (tertiary/aromatic N) is 1. The van der Waals surface area contributed by atoms with Crippen molar-refractivity contribution in [2.75, 3.05) is 27.4 Å². The van der Waals surface area contributed by atoms with Gasteiger partial charge in [-0.3, -0.25) is 0 Å². The Labute approximate surface area is 120 Å². The third-order valence-corrected chi connectivity index (χ3v) is 4.05. The van der Waals surface area contributed by atoms with Crippen LogP contribution in [0.5, 0.6) is 0 Å². The molecule has 0 heterocycles. The van der Waals surface area contributed by atoms with Gasteiger partial charge in [0.1, 0.15) is 0 Å². The van der Waals surface area contributed by atoms with Gasteiger partial charge < -0.3 is 14.8 Å². The number of benzene rings is 1. The number of rotatable bonds is 7. The third kappa shape index (κ3) is 3.18. The molecule has 1 aliphatic rings. The molecule has 2 rings (SSSR count). The second-order valence-corrected chi connectivity index (χ2v) is 5.39. The van der Waals surface area contributed by atoms with Gasteiger partial charge >= 0.3 is 0 Å². The zero-order valence-corrected chi connectivity index (χ0v) is 12.1. The maximum absolute atomic E-state index is 9.49. The quantitative estimate of drug-likeness (QED) is 0.824. The molecule has 4 nitrogen and oxygen atoms in total. The molecule has 1 aliphatic carbocycles. The molecule has 0 spiro atoms. The van der Waals surface area contributed by atoms with E-state index in [-0.39, 0.29) is 11.5 Å². The van der Waals surface area contributed by atoms with Gasteiger partial charge in [-0.05, 0) is 18.4 Å².